The van der Waals surface area contributed by atoms with Crippen LogP contribution in [-0.4, -0.2) is 47.8 Å². The molecule has 33 heavy (non-hydrogen) atoms. The third kappa shape index (κ3) is 4.76. The Kier molecular flexibility index (Phi) is 6.74. The van der Waals surface area contributed by atoms with Gasteiger partial charge in [0.15, 0.2) is 0 Å². The molecule has 176 valence electrons. The number of aryl methyl sites for hydroxylation is 1. The summed E-state index contributed by atoms with van der Waals surface area (Å²) in [6.45, 7) is 6.22. The molecule has 2 aromatic rings. The molecule has 0 radical (unpaired) electrons. The van der Waals surface area contributed by atoms with E-state index in [9.17, 15) is 18.4 Å². The number of likely N-dealkylation sites (tertiary alicyclic amines) is 1. The molecule has 2 aliphatic heterocycles. The van der Waals surface area contributed by atoms with Crippen molar-refractivity contribution in [1.29, 1.82) is 0 Å². The van der Waals surface area contributed by atoms with E-state index in [4.69, 9.17) is 4.74 Å². The van der Waals surface area contributed by atoms with E-state index in [-0.39, 0.29) is 17.3 Å². The van der Waals surface area contributed by atoms with Crippen molar-refractivity contribution in [2.75, 3.05) is 31.6 Å². The van der Waals surface area contributed by atoms with Crippen LogP contribution in [0, 0.1) is 6.92 Å². The Morgan fingerprint density at radius 1 is 1.27 bits per heavy atom. The number of anilines is 1. The zero-order valence-electron chi connectivity index (χ0n) is 19.0. The third-order valence-corrected chi connectivity index (χ3v) is 6.83. The lowest BCUT2D eigenvalue weighted by molar-refractivity contribution is -0.122. The fourth-order valence-electron chi connectivity index (χ4n) is 4.67. The van der Waals surface area contributed by atoms with Gasteiger partial charge in [0.2, 0.25) is 5.91 Å². The van der Waals surface area contributed by atoms with Crippen molar-refractivity contribution >= 4 is 17.4 Å². The van der Waals surface area contributed by atoms with Gasteiger partial charge in [0.05, 0.1) is 11.6 Å². The first-order valence-corrected chi connectivity index (χ1v) is 11.4. The predicted molar refractivity (Wildman–Crippen MR) is 121 cm³/mol. The third-order valence-electron chi connectivity index (χ3n) is 6.83. The number of aromatic nitrogens is 1. The fourth-order valence-corrected chi connectivity index (χ4v) is 4.67. The molecule has 3 heterocycles. The van der Waals surface area contributed by atoms with E-state index < -0.39 is 11.8 Å². The van der Waals surface area contributed by atoms with Gasteiger partial charge in [-0.25, -0.2) is 8.78 Å². The normalized spacial score (nSPS) is 17.3. The van der Waals surface area contributed by atoms with Crippen LogP contribution in [0.5, 0.6) is 5.75 Å². The van der Waals surface area contributed by atoms with Gasteiger partial charge < -0.3 is 10.1 Å². The molecular formula is C25H29F2N3O3. The number of hydrogen-bond donors (Lipinski definition) is 1. The average Bonchev–Trinajstić information content (AvgIpc) is 3.07. The van der Waals surface area contributed by atoms with E-state index in [0.29, 0.717) is 68.9 Å². The molecule has 4 rings (SSSR count). The van der Waals surface area contributed by atoms with Gasteiger partial charge in [0, 0.05) is 36.3 Å². The minimum atomic E-state index is -2.56. The molecule has 1 fully saturated rings. The molecule has 1 saturated heterocycles. The summed E-state index contributed by atoms with van der Waals surface area (Å²) in [7, 11) is 0. The Morgan fingerprint density at radius 2 is 2.03 bits per heavy atom. The first-order valence-electron chi connectivity index (χ1n) is 11.4. The fraction of sp³-hybridized carbons (Fsp3) is 0.480. The number of carbonyl (C=O) groups excluding carboxylic acids is 2. The molecule has 2 aliphatic rings. The van der Waals surface area contributed by atoms with Crippen LogP contribution in [0.4, 0.5) is 14.5 Å². The second kappa shape index (κ2) is 9.55. The zero-order valence-corrected chi connectivity index (χ0v) is 19.0. The SMILES string of the molecule is CCC(=O)Cc1cc(OCCN2CCC3(CC2)C(=O)Nc2ccc(C(F)F)cc23)cnc1C. The number of halogens is 2. The lowest BCUT2D eigenvalue weighted by Crippen LogP contribution is -2.47. The Bertz CT molecular complexity index is 1050. The highest BCUT2D eigenvalue weighted by atomic mass is 19.3. The Hall–Kier alpha value is -2.87. The standard InChI is InChI=1S/C25H29F2N3O3/c1-3-19(31)12-18-13-20(15-28-16(18)2)33-11-10-30-8-6-25(7-9-30)21-14-17(23(26)27)4-5-22(21)29-24(25)32/h4-5,13-15,23H,3,6-12H2,1-2H3,(H,29,32). The summed E-state index contributed by atoms with van der Waals surface area (Å²) in [5.74, 6) is 0.703. The maximum absolute atomic E-state index is 13.2. The van der Waals surface area contributed by atoms with Crippen LogP contribution in [0.25, 0.3) is 0 Å². The number of rotatable bonds is 8. The van der Waals surface area contributed by atoms with Crippen molar-refractivity contribution in [1.82, 2.24) is 9.88 Å². The van der Waals surface area contributed by atoms with Gasteiger partial charge >= 0.3 is 0 Å². The Balaban J connectivity index is 1.34. The summed E-state index contributed by atoms with van der Waals surface area (Å²) in [4.78, 5) is 31.1. The van der Waals surface area contributed by atoms with Crippen LogP contribution in [0.1, 0.15) is 55.0 Å². The molecule has 1 spiro atoms. The molecular weight excluding hydrogens is 428 g/mol. The number of pyridine rings is 1. The molecule has 6 nitrogen and oxygen atoms in total. The second-order valence-electron chi connectivity index (χ2n) is 8.82. The Morgan fingerprint density at radius 3 is 2.73 bits per heavy atom. The molecule has 0 unspecified atom stereocenters. The lowest BCUT2D eigenvalue weighted by atomic mass is 9.73. The van der Waals surface area contributed by atoms with Crippen LogP contribution in [0.2, 0.25) is 0 Å². The highest BCUT2D eigenvalue weighted by Crippen LogP contribution is 2.46. The van der Waals surface area contributed by atoms with Crippen LogP contribution < -0.4 is 10.1 Å². The highest BCUT2D eigenvalue weighted by molar-refractivity contribution is 6.06. The number of amides is 1. The monoisotopic (exact) mass is 457 g/mol. The minimum Gasteiger partial charge on any atom is -0.491 e. The van der Waals surface area contributed by atoms with Crippen LogP contribution >= 0.6 is 0 Å². The molecule has 0 atom stereocenters. The molecule has 1 aromatic carbocycles. The summed E-state index contributed by atoms with van der Waals surface area (Å²) in [6.07, 6.45) is 1.12. The van der Waals surface area contributed by atoms with Gasteiger partial charge in [0.25, 0.3) is 6.43 Å². The maximum Gasteiger partial charge on any atom is 0.263 e. The quantitative estimate of drug-likeness (QED) is 0.643. The molecule has 1 aromatic heterocycles. The molecule has 1 amide bonds. The lowest BCUT2D eigenvalue weighted by Gasteiger charge is -2.38. The topological polar surface area (TPSA) is 71.5 Å². The molecule has 8 heteroatoms. The molecule has 0 aliphatic carbocycles. The second-order valence-corrected chi connectivity index (χ2v) is 8.82. The largest absolute Gasteiger partial charge is 0.491 e. The highest BCUT2D eigenvalue weighted by Gasteiger charge is 2.48. The van der Waals surface area contributed by atoms with Crippen molar-refractivity contribution in [3.05, 3.63) is 52.8 Å². The average molecular weight is 458 g/mol. The number of ether oxygens (including phenoxy) is 1. The number of carbonyl (C=O) groups is 2. The van der Waals surface area contributed by atoms with E-state index >= 15 is 0 Å². The number of benzene rings is 1. The van der Waals surface area contributed by atoms with Crippen molar-refractivity contribution in [3.8, 4) is 5.75 Å². The summed E-state index contributed by atoms with van der Waals surface area (Å²) in [5.41, 5.74) is 2.27. The predicted octanol–water partition coefficient (Wildman–Crippen LogP) is 4.21. The molecule has 1 N–H and O–H groups in total. The van der Waals surface area contributed by atoms with E-state index in [0.717, 1.165) is 11.3 Å². The number of hydrogen-bond acceptors (Lipinski definition) is 5. The van der Waals surface area contributed by atoms with E-state index in [1.54, 1.807) is 12.3 Å². The van der Waals surface area contributed by atoms with Crippen LogP contribution in [-0.2, 0) is 21.4 Å². The van der Waals surface area contributed by atoms with E-state index in [1.807, 2.05) is 19.9 Å². The van der Waals surface area contributed by atoms with Gasteiger partial charge in [-0.05, 0) is 62.2 Å². The molecule has 0 saturated carbocycles. The van der Waals surface area contributed by atoms with Gasteiger partial charge in [0.1, 0.15) is 18.1 Å². The minimum absolute atomic E-state index is 0.0489. The first kappa shape index (κ1) is 23.3. The summed E-state index contributed by atoms with van der Waals surface area (Å²) in [5, 5.41) is 2.87. The van der Waals surface area contributed by atoms with Gasteiger partial charge in [-0.3, -0.25) is 19.5 Å². The first-order chi connectivity index (χ1) is 15.8. The van der Waals surface area contributed by atoms with Crippen molar-refractivity contribution in [2.24, 2.45) is 0 Å². The number of nitrogens with zero attached hydrogens (tertiary/aromatic N) is 2. The number of fused-ring (bicyclic) bond motifs is 2. The van der Waals surface area contributed by atoms with Gasteiger partial charge in [-0.1, -0.05) is 13.0 Å². The van der Waals surface area contributed by atoms with Crippen LogP contribution in [0.3, 0.4) is 0 Å². The van der Waals surface area contributed by atoms with Gasteiger partial charge in [-0.2, -0.15) is 0 Å². The number of nitrogens with one attached hydrogen (secondary N) is 1. The van der Waals surface area contributed by atoms with Gasteiger partial charge in [-0.15, -0.1) is 0 Å². The molecule has 0 bridgehead atoms. The smallest absolute Gasteiger partial charge is 0.263 e. The number of Topliss-reactive ketones (excluding diaryl/α,β-unsaturated/α-hetero) is 1. The van der Waals surface area contributed by atoms with E-state index in [1.165, 1.54) is 12.1 Å². The van der Waals surface area contributed by atoms with E-state index in [2.05, 4.69) is 15.2 Å². The van der Waals surface area contributed by atoms with Crippen LogP contribution in [0.15, 0.2) is 30.5 Å². The van der Waals surface area contributed by atoms with Crippen molar-refractivity contribution in [2.45, 2.75) is 51.4 Å². The number of piperidine rings is 1. The maximum atomic E-state index is 13.2. The summed E-state index contributed by atoms with van der Waals surface area (Å²) >= 11 is 0. The van der Waals surface area contributed by atoms with Crippen molar-refractivity contribution in [3.63, 3.8) is 0 Å². The summed E-state index contributed by atoms with van der Waals surface area (Å²) < 4.78 is 32.3. The Labute approximate surface area is 192 Å². The summed E-state index contributed by atoms with van der Waals surface area (Å²) in [6, 6.07) is 6.32. The zero-order chi connectivity index (χ0) is 23.6. The van der Waals surface area contributed by atoms with Crippen molar-refractivity contribution < 1.29 is 23.1 Å². The number of ketones is 1. The number of alkyl halides is 2.